The van der Waals surface area contributed by atoms with Crippen LogP contribution in [0.1, 0.15) is 25.5 Å². The summed E-state index contributed by atoms with van der Waals surface area (Å²) >= 11 is 0. The molecule has 0 spiro atoms. The molecule has 1 amide bonds. The summed E-state index contributed by atoms with van der Waals surface area (Å²) < 4.78 is 14.3. The zero-order chi connectivity index (χ0) is 15.1. The van der Waals surface area contributed by atoms with Gasteiger partial charge in [-0.25, -0.2) is 4.39 Å². The number of amides is 1. The van der Waals surface area contributed by atoms with Crippen LogP contribution >= 0.6 is 0 Å². The third-order valence-electron chi connectivity index (χ3n) is 4.43. The van der Waals surface area contributed by atoms with Crippen LogP contribution in [0.2, 0.25) is 0 Å². The van der Waals surface area contributed by atoms with Crippen molar-refractivity contribution in [2.45, 2.75) is 26.0 Å². The summed E-state index contributed by atoms with van der Waals surface area (Å²) in [6.07, 6.45) is -1.26. The van der Waals surface area contributed by atoms with Gasteiger partial charge in [0.25, 0.3) is 5.91 Å². The molecule has 2 heterocycles. The van der Waals surface area contributed by atoms with Crippen molar-refractivity contribution in [1.29, 1.82) is 0 Å². The van der Waals surface area contributed by atoms with E-state index in [0.29, 0.717) is 23.0 Å². The molecule has 114 valence electrons. The number of carbonyl (C=O) groups is 1. The lowest BCUT2D eigenvalue weighted by Crippen LogP contribution is -2.52. The Labute approximate surface area is 123 Å². The van der Waals surface area contributed by atoms with E-state index < -0.39 is 12.0 Å². The Morgan fingerprint density at radius 1 is 1.43 bits per heavy atom. The number of hydrogen-bond donors (Lipinski definition) is 2. The van der Waals surface area contributed by atoms with Gasteiger partial charge in [0.05, 0.1) is 5.69 Å². The molecule has 2 unspecified atom stereocenters. The summed E-state index contributed by atoms with van der Waals surface area (Å²) in [5.74, 6) is -0.882. The third kappa shape index (κ3) is 2.38. The molecule has 3 rings (SSSR count). The first-order chi connectivity index (χ1) is 10.0. The van der Waals surface area contributed by atoms with Crippen LogP contribution < -0.4 is 10.2 Å². The van der Waals surface area contributed by atoms with Crippen molar-refractivity contribution in [3.05, 3.63) is 23.5 Å². The fourth-order valence-corrected chi connectivity index (χ4v) is 3.18. The van der Waals surface area contributed by atoms with E-state index in [2.05, 4.69) is 24.1 Å². The Kier molecular flexibility index (Phi) is 3.59. The molecule has 5 nitrogen and oxygen atoms in total. The Morgan fingerprint density at radius 3 is 2.86 bits per heavy atom. The van der Waals surface area contributed by atoms with Crippen LogP contribution in [0.3, 0.4) is 0 Å². The highest BCUT2D eigenvalue weighted by molar-refractivity contribution is 6.02. The SMILES string of the molecule is CCN1CCN(c2cc3c(cc2F)C(O)C(=O)N3)CC1C. The number of fused-ring (bicyclic) bond motifs is 1. The van der Waals surface area contributed by atoms with E-state index >= 15 is 0 Å². The first-order valence-corrected chi connectivity index (χ1v) is 7.32. The van der Waals surface area contributed by atoms with Gasteiger partial charge in [0.1, 0.15) is 5.82 Å². The fraction of sp³-hybridized carbons (Fsp3) is 0.533. The van der Waals surface area contributed by atoms with Gasteiger partial charge < -0.3 is 15.3 Å². The second-order valence-corrected chi connectivity index (χ2v) is 5.71. The molecule has 0 saturated carbocycles. The van der Waals surface area contributed by atoms with Crippen LogP contribution in [0.4, 0.5) is 15.8 Å². The highest BCUT2D eigenvalue weighted by Crippen LogP contribution is 2.36. The maximum absolute atomic E-state index is 14.3. The molecule has 1 aromatic rings. The van der Waals surface area contributed by atoms with E-state index in [9.17, 15) is 14.3 Å². The molecule has 0 aromatic heterocycles. The monoisotopic (exact) mass is 293 g/mol. The number of aliphatic hydroxyl groups is 1. The molecular formula is C15H20FN3O2. The number of benzene rings is 1. The summed E-state index contributed by atoms with van der Waals surface area (Å²) in [5.41, 5.74) is 1.32. The smallest absolute Gasteiger partial charge is 0.257 e. The highest BCUT2D eigenvalue weighted by atomic mass is 19.1. The molecule has 2 aliphatic rings. The van der Waals surface area contributed by atoms with Crippen molar-refractivity contribution in [2.75, 3.05) is 36.4 Å². The summed E-state index contributed by atoms with van der Waals surface area (Å²) in [4.78, 5) is 15.8. The Balaban J connectivity index is 1.88. The second-order valence-electron chi connectivity index (χ2n) is 5.71. The maximum Gasteiger partial charge on any atom is 0.257 e. The van der Waals surface area contributed by atoms with Crippen LogP contribution in [0.25, 0.3) is 0 Å². The van der Waals surface area contributed by atoms with E-state index in [1.54, 1.807) is 6.07 Å². The van der Waals surface area contributed by atoms with Crippen molar-refractivity contribution in [3.8, 4) is 0 Å². The number of halogens is 1. The molecule has 0 radical (unpaired) electrons. The lowest BCUT2D eigenvalue weighted by molar-refractivity contribution is -0.123. The van der Waals surface area contributed by atoms with E-state index in [1.807, 2.05) is 4.90 Å². The number of likely N-dealkylation sites (N-methyl/N-ethyl adjacent to an activating group) is 1. The predicted molar refractivity (Wildman–Crippen MR) is 78.9 cm³/mol. The quantitative estimate of drug-likeness (QED) is 0.864. The largest absolute Gasteiger partial charge is 0.378 e. The van der Waals surface area contributed by atoms with Gasteiger partial charge in [0.2, 0.25) is 0 Å². The van der Waals surface area contributed by atoms with Gasteiger partial charge in [-0.1, -0.05) is 6.92 Å². The molecular weight excluding hydrogens is 273 g/mol. The van der Waals surface area contributed by atoms with Gasteiger partial charge in [-0.15, -0.1) is 0 Å². The zero-order valence-electron chi connectivity index (χ0n) is 12.3. The summed E-state index contributed by atoms with van der Waals surface area (Å²) in [5, 5.41) is 12.3. The summed E-state index contributed by atoms with van der Waals surface area (Å²) in [6.45, 7) is 7.64. The fourth-order valence-electron chi connectivity index (χ4n) is 3.18. The number of nitrogens with one attached hydrogen (secondary N) is 1. The van der Waals surface area contributed by atoms with Crippen LogP contribution in [0.5, 0.6) is 0 Å². The lowest BCUT2D eigenvalue weighted by Gasteiger charge is -2.40. The molecule has 1 saturated heterocycles. The molecule has 21 heavy (non-hydrogen) atoms. The van der Waals surface area contributed by atoms with Crippen molar-refractivity contribution >= 4 is 17.3 Å². The molecule has 1 fully saturated rings. The lowest BCUT2D eigenvalue weighted by atomic mass is 10.1. The number of anilines is 2. The predicted octanol–water partition coefficient (Wildman–Crippen LogP) is 1.34. The van der Waals surface area contributed by atoms with Crippen LogP contribution in [0, 0.1) is 5.82 Å². The molecule has 0 bridgehead atoms. The highest BCUT2D eigenvalue weighted by Gasteiger charge is 2.32. The van der Waals surface area contributed by atoms with Gasteiger partial charge in [-0.3, -0.25) is 9.69 Å². The van der Waals surface area contributed by atoms with Gasteiger partial charge in [0.15, 0.2) is 6.10 Å². The molecule has 1 aromatic carbocycles. The van der Waals surface area contributed by atoms with E-state index in [-0.39, 0.29) is 5.82 Å². The van der Waals surface area contributed by atoms with Gasteiger partial charge in [-0.2, -0.15) is 0 Å². The Bertz CT molecular complexity index is 578. The molecule has 6 heteroatoms. The maximum atomic E-state index is 14.3. The summed E-state index contributed by atoms with van der Waals surface area (Å²) in [7, 11) is 0. The van der Waals surface area contributed by atoms with E-state index in [0.717, 1.165) is 26.2 Å². The minimum absolute atomic E-state index is 0.321. The average Bonchev–Trinajstić information content (AvgIpc) is 2.73. The molecule has 2 atom stereocenters. The normalized spacial score (nSPS) is 25.9. The zero-order valence-corrected chi connectivity index (χ0v) is 12.3. The number of nitrogens with zero attached hydrogens (tertiary/aromatic N) is 2. The minimum atomic E-state index is -1.26. The van der Waals surface area contributed by atoms with Crippen molar-refractivity contribution < 1.29 is 14.3 Å². The van der Waals surface area contributed by atoms with Gasteiger partial charge >= 0.3 is 0 Å². The number of rotatable bonds is 2. The molecule has 2 aliphatic heterocycles. The van der Waals surface area contributed by atoms with Crippen molar-refractivity contribution in [1.82, 2.24) is 4.90 Å². The first kappa shape index (κ1) is 14.3. The average molecular weight is 293 g/mol. The topological polar surface area (TPSA) is 55.8 Å². The van der Waals surface area contributed by atoms with Crippen molar-refractivity contribution in [2.24, 2.45) is 0 Å². The number of hydrogen-bond acceptors (Lipinski definition) is 4. The third-order valence-corrected chi connectivity index (χ3v) is 4.43. The summed E-state index contributed by atoms with van der Waals surface area (Å²) in [6, 6.07) is 3.26. The van der Waals surface area contributed by atoms with Crippen LogP contribution in [0.15, 0.2) is 12.1 Å². The van der Waals surface area contributed by atoms with Gasteiger partial charge in [-0.05, 0) is 25.6 Å². The molecule has 0 aliphatic carbocycles. The van der Waals surface area contributed by atoms with E-state index in [1.165, 1.54) is 6.07 Å². The number of carbonyl (C=O) groups excluding carboxylic acids is 1. The minimum Gasteiger partial charge on any atom is -0.378 e. The molecule has 2 N–H and O–H groups in total. The van der Waals surface area contributed by atoms with Gasteiger partial charge in [0, 0.05) is 36.9 Å². The second kappa shape index (κ2) is 5.27. The van der Waals surface area contributed by atoms with E-state index in [4.69, 9.17) is 0 Å². The Hall–Kier alpha value is -1.66. The van der Waals surface area contributed by atoms with Crippen LogP contribution in [-0.2, 0) is 4.79 Å². The Morgan fingerprint density at radius 2 is 2.19 bits per heavy atom. The van der Waals surface area contributed by atoms with Crippen LogP contribution in [-0.4, -0.2) is 48.1 Å². The first-order valence-electron chi connectivity index (χ1n) is 7.32. The standard InChI is InChI=1S/C15H20FN3O2/c1-3-18-4-5-19(8-9(18)2)13-7-12-10(6-11(13)16)14(20)15(21)17-12/h6-7,9,14,20H,3-5,8H2,1-2H3,(H,17,21). The van der Waals surface area contributed by atoms with Crippen molar-refractivity contribution in [3.63, 3.8) is 0 Å². The number of piperazine rings is 1. The number of aliphatic hydroxyl groups excluding tert-OH is 1.